The lowest BCUT2D eigenvalue weighted by Crippen LogP contribution is -2.05. The smallest absolute Gasteiger partial charge is 0.156 e. The van der Waals surface area contributed by atoms with E-state index in [9.17, 15) is 0 Å². The molecule has 1 aromatic heterocycles. The Morgan fingerprint density at radius 3 is 2.79 bits per heavy atom. The van der Waals surface area contributed by atoms with Crippen molar-refractivity contribution >= 4 is 5.82 Å². The molecule has 0 aliphatic heterocycles. The van der Waals surface area contributed by atoms with Crippen LogP contribution in [0.4, 0.5) is 5.82 Å². The van der Waals surface area contributed by atoms with E-state index >= 15 is 0 Å². The van der Waals surface area contributed by atoms with E-state index in [1.54, 1.807) is 13.2 Å². The van der Waals surface area contributed by atoms with E-state index in [-0.39, 0.29) is 0 Å². The van der Waals surface area contributed by atoms with Crippen molar-refractivity contribution in [3.63, 3.8) is 0 Å². The third kappa shape index (κ3) is 3.27. The van der Waals surface area contributed by atoms with E-state index in [4.69, 9.17) is 15.2 Å². The summed E-state index contributed by atoms with van der Waals surface area (Å²) in [5, 5.41) is 0. The molecule has 0 fully saturated rings. The molecule has 0 bridgehead atoms. The predicted molar refractivity (Wildman–Crippen MR) is 52.5 cm³/mol. The lowest BCUT2D eigenvalue weighted by atomic mass is 10.4. The monoisotopic (exact) mass is 197 g/mol. The number of nitrogen functional groups attached to an aromatic ring is 1. The van der Waals surface area contributed by atoms with Crippen molar-refractivity contribution in [2.45, 2.75) is 20.1 Å². The highest BCUT2D eigenvalue weighted by atomic mass is 16.5. The average molecular weight is 197 g/mol. The number of hydrogen-bond acceptors (Lipinski definition) is 5. The molecule has 78 valence electrons. The van der Waals surface area contributed by atoms with Gasteiger partial charge in [0, 0.05) is 19.8 Å². The molecule has 1 rings (SSSR count). The summed E-state index contributed by atoms with van der Waals surface area (Å²) in [6.45, 7) is 3.38. The van der Waals surface area contributed by atoms with Crippen molar-refractivity contribution in [3.05, 3.63) is 17.6 Å². The van der Waals surface area contributed by atoms with Gasteiger partial charge < -0.3 is 15.2 Å². The van der Waals surface area contributed by atoms with Crippen LogP contribution in [0.5, 0.6) is 0 Å². The van der Waals surface area contributed by atoms with Crippen LogP contribution in [0.2, 0.25) is 0 Å². The van der Waals surface area contributed by atoms with Crippen LogP contribution in [0, 0.1) is 0 Å². The number of ether oxygens (including phenoxy) is 2. The Labute approximate surface area is 83.3 Å². The Hall–Kier alpha value is -1.20. The zero-order valence-electron chi connectivity index (χ0n) is 8.49. The highest BCUT2D eigenvalue weighted by Gasteiger charge is 2.02. The Morgan fingerprint density at radius 1 is 1.36 bits per heavy atom. The number of methoxy groups -OCH3 is 1. The fraction of sp³-hybridized carbons (Fsp3) is 0.556. The second-order valence-corrected chi connectivity index (χ2v) is 2.77. The Kier molecular flexibility index (Phi) is 4.28. The summed E-state index contributed by atoms with van der Waals surface area (Å²) in [6, 6.07) is 1.69. The van der Waals surface area contributed by atoms with Crippen LogP contribution in [0.25, 0.3) is 0 Å². The van der Waals surface area contributed by atoms with Gasteiger partial charge in [0.15, 0.2) is 5.82 Å². The zero-order chi connectivity index (χ0) is 10.4. The van der Waals surface area contributed by atoms with Gasteiger partial charge in [0.2, 0.25) is 0 Å². The SMILES string of the molecule is CCOCc1nc(N)cc(COC)n1. The molecule has 0 radical (unpaired) electrons. The summed E-state index contributed by atoms with van der Waals surface area (Å²) in [4.78, 5) is 8.26. The lowest BCUT2D eigenvalue weighted by molar-refractivity contribution is 0.127. The van der Waals surface area contributed by atoms with Crippen LogP contribution in [0.3, 0.4) is 0 Å². The molecule has 0 aliphatic rings. The Bertz CT molecular complexity index is 291. The van der Waals surface area contributed by atoms with Crippen LogP contribution >= 0.6 is 0 Å². The minimum atomic E-state index is 0.387. The van der Waals surface area contributed by atoms with E-state index in [1.807, 2.05) is 6.92 Å². The summed E-state index contributed by atoms with van der Waals surface area (Å²) >= 11 is 0. The molecular formula is C9H15N3O2. The highest BCUT2D eigenvalue weighted by molar-refractivity contribution is 5.29. The standard InChI is InChI=1S/C9H15N3O2/c1-3-14-6-9-11-7(5-13-2)4-8(10)12-9/h4H,3,5-6H2,1-2H3,(H2,10,11,12). The molecule has 0 amide bonds. The van der Waals surface area contributed by atoms with E-state index in [2.05, 4.69) is 9.97 Å². The fourth-order valence-corrected chi connectivity index (χ4v) is 1.05. The molecule has 5 nitrogen and oxygen atoms in total. The van der Waals surface area contributed by atoms with Gasteiger partial charge in [-0.05, 0) is 6.92 Å². The fourth-order valence-electron chi connectivity index (χ4n) is 1.05. The average Bonchev–Trinajstić information content (AvgIpc) is 2.14. The normalized spacial score (nSPS) is 10.4. The number of hydrogen-bond donors (Lipinski definition) is 1. The quantitative estimate of drug-likeness (QED) is 0.754. The van der Waals surface area contributed by atoms with Gasteiger partial charge in [0.25, 0.3) is 0 Å². The van der Waals surface area contributed by atoms with Crippen molar-refractivity contribution in [2.75, 3.05) is 19.5 Å². The second-order valence-electron chi connectivity index (χ2n) is 2.77. The topological polar surface area (TPSA) is 70.3 Å². The van der Waals surface area contributed by atoms with Crippen molar-refractivity contribution in [2.24, 2.45) is 0 Å². The summed E-state index contributed by atoms with van der Waals surface area (Å²) < 4.78 is 10.1. The first-order valence-corrected chi connectivity index (χ1v) is 4.45. The molecule has 1 heterocycles. The second kappa shape index (κ2) is 5.51. The number of nitrogens with two attached hydrogens (primary N) is 1. The Morgan fingerprint density at radius 2 is 2.14 bits per heavy atom. The van der Waals surface area contributed by atoms with Gasteiger partial charge in [-0.15, -0.1) is 0 Å². The minimum absolute atomic E-state index is 0.387. The van der Waals surface area contributed by atoms with Crippen LogP contribution in [0.1, 0.15) is 18.4 Å². The number of aromatic nitrogens is 2. The molecule has 0 spiro atoms. The van der Waals surface area contributed by atoms with Crippen molar-refractivity contribution in [1.29, 1.82) is 0 Å². The molecule has 1 aromatic rings. The first-order valence-electron chi connectivity index (χ1n) is 4.45. The molecule has 5 heteroatoms. The maximum Gasteiger partial charge on any atom is 0.156 e. The molecule has 2 N–H and O–H groups in total. The lowest BCUT2D eigenvalue weighted by Gasteiger charge is -2.04. The van der Waals surface area contributed by atoms with Gasteiger partial charge in [-0.1, -0.05) is 0 Å². The van der Waals surface area contributed by atoms with Crippen molar-refractivity contribution in [3.8, 4) is 0 Å². The van der Waals surface area contributed by atoms with E-state index in [0.717, 1.165) is 5.69 Å². The molecule has 0 saturated carbocycles. The van der Waals surface area contributed by atoms with Gasteiger partial charge in [-0.25, -0.2) is 9.97 Å². The van der Waals surface area contributed by atoms with Crippen LogP contribution in [-0.2, 0) is 22.7 Å². The first-order chi connectivity index (χ1) is 6.76. The van der Waals surface area contributed by atoms with Crippen LogP contribution < -0.4 is 5.73 Å². The number of anilines is 1. The van der Waals surface area contributed by atoms with E-state index in [1.165, 1.54) is 0 Å². The summed E-state index contributed by atoms with van der Waals surface area (Å²) in [5.74, 6) is 1.04. The number of rotatable bonds is 5. The third-order valence-corrected chi connectivity index (χ3v) is 1.57. The molecule has 0 saturated heterocycles. The van der Waals surface area contributed by atoms with Gasteiger partial charge in [-0.3, -0.25) is 0 Å². The van der Waals surface area contributed by atoms with Crippen molar-refractivity contribution in [1.82, 2.24) is 9.97 Å². The minimum Gasteiger partial charge on any atom is -0.384 e. The van der Waals surface area contributed by atoms with Gasteiger partial charge in [0.1, 0.15) is 12.4 Å². The molecule has 0 atom stereocenters. The summed E-state index contributed by atoms with van der Waals surface area (Å²) in [5.41, 5.74) is 6.37. The maximum absolute atomic E-state index is 5.60. The van der Waals surface area contributed by atoms with Gasteiger partial charge >= 0.3 is 0 Å². The molecule has 0 aliphatic carbocycles. The zero-order valence-corrected chi connectivity index (χ0v) is 8.49. The largest absolute Gasteiger partial charge is 0.384 e. The summed E-state index contributed by atoms with van der Waals surface area (Å²) in [7, 11) is 1.61. The van der Waals surface area contributed by atoms with Crippen molar-refractivity contribution < 1.29 is 9.47 Å². The highest BCUT2D eigenvalue weighted by Crippen LogP contribution is 2.05. The third-order valence-electron chi connectivity index (χ3n) is 1.57. The predicted octanol–water partition coefficient (Wildman–Crippen LogP) is 0.742. The van der Waals surface area contributed by atoms with E-state index < -0.39 is 0 Å². The number of nitrogens with zero attached hydrogens (tertiary/aromatic N) is 2. The maximum atomic E-state index is 5.60. The summed E-state index contributed by atoms with van der Waals surface area (Å²) in [6.07, 6.45) is 0. The van der Waals surface area contributed by atoms with E-state index in [0.29, 0.717) is 31.5 Å². The van der Waals surface area contributed by atoms with Gasteiger partial charge in [0.05, 0.1) is 12.3 Å². The molecule has 14 heavy (non-hydrogen) atoms. The van der Waals surface area contributed by atoms with Gasteiger partial charge in [-0.2, -0.15) is 0 Å². The Balaban J connectivity index is 2.73. The first kappa shape index (κ1) is 10.9. The molecular weight excluding hydrogens is 182 g/mol. The molecule has 0 unspecified atom stereocenters. The molecule has 0 aromatic carbocycles. The van der Waals surface area contributed by atoms with Crippen LogP contribution in [0.15, 0.2) is 6.07 Å². The van der Waals surface area contributed by atoms with Crippen LogP contribution in [-0.4, -0.2) is 23.7 Å².